The Morgan fingerprint density at radius 1 is 1.29 bits per heavy atom. The molecule has 0 atom stereocenters. The van der Waals surface area contributed by atoms with Gasteiger partial charge in [-0.25, -0.2) is 4.98 Å². The summed E-state index contributed by atoms with van der Waals surface area (Å²) >= 11 is 0. The summed E-state index contributed by atoms with van der Waals surface area (Å²) in [6.45, 7) is 3.98. The van der Waals surface area contributed by atoms with E-state index in [0.717, 1.165) is 24.1 Å². The van der Waals surface area contributed by atoms with Gasteiger partial charge in [0.1, 0.15) is 6.54 Å². The van der Waals surface area contributed by atoms with Crippen LogP contribution in [0, 0.1) is 6.92 Å². The third-order valence-corrected chi connectivity index (χ3v) is 3.09. The van der Waals surface area contributed by atoms with Crippen LogP contribution < -0.4 is 10.9 Å². The first-order valence-electron chi connectivity index (χ1n) is 7.00. The van der Waals surface area contributed by atoms with Crippen molar-refractivity contribution in [2.75, 3.05) is 5.32 Å². The van der Waals surface area contributed by atoms with E-state index in [2.05, 4.69) is 10.3 Å². The third kappa shape index (κ3) is 4.27. The predicted octanol–water partition coefficient (Wildman–Crippen LogP) is 2.14. The number of nitrogens with zero attached hydrogens (tertiary/aromatic N) is 2. The molecule has 0 fully saturated rings. The van der Waals surface area contributed by atoms with Crippen molar-refractivity contribution >= 4 is 11.6 Å². The summed E-state index contributed by atoms with van der Waals surface area (Å²) in [5, 5.41) is 2.76. The zero-order valence-corrected chi connectivity index (χ0v) is 12.3. The number of amides is 1. The van der Waals surface area contributed by atoms with Crippen molar-refractivity contribution in [2.24, 2.45) is 0 Å². The average molecular weight is 285 g/mol. The lowest BCUT2D eigenvalue weighted by atomic mass is 10.2. The molecule has 1 N–H and O–H groups in total. The minimum atomic E-state index is -0.244. The molecule has 0 spiro atoms. The number of hydrogen-bond donors (Lipinski definition) is 1. The molecule has 0 aliphatic heterocycles. The monoisotopic (exact) mass is 285 g/mol. The van der Waals surface area contributed by atoms with E-state index in [4.69, 9.17) is 0 Å². The van der Waals surface area contributed by atoms with Gasteiger partial charge in [-0.05, 0) is 25.5 Å². The molecule has 0 bridgehead atoms. The fourth-order valence-corrected chi connectivity index (χ4v) is 1.97. The number of carbonyl (C=O) groups is 1. The van der Waals surface area contributed by atoms with Gasteiger partial charge < -0.3 is 5.32 Å². The second kappa shape index (κ2) is 6.83. The Balaban J connectivity index is 2.02. The second-order valence-corrected chi connectivity index (χ2v) is 5.01. The van der Waals surface area contributed by atoms with E-state index in [-0.39, 0.29) is 18.0 Å². The van der Waals surface area contributed by atoms with E-state index in [1.165, 1.54) is 17.0 Å². The SMILES string of the molecule is CCCc1cc(=O)n(CC(=O)Nc2ccc(C)cc2)cn1. The topological polar surface area (TPSA) is 64.0 Å². The van der Waals surface area contributed by atoms with E-state index >= 15 is 0 Å². The van der Waals surface area contributed by atoms with Crippen LogP contribution in [0.1, 0.15) is 24.6 Å². The Labute approximate surface area is 123 Å². The van der Waals surface area contributed by atoms with Gasteiger partial charge in [0.2, 0.25) is 5.91 Å². The number of rotatable bonds is 5. The molecule has 2 aromatic rings. The lowest BCUT2D eigenvalue weighted by molar-refractivity contribution is -0.116. The van der Waals surface area contributed by atoms with E-state index in [1.807, 2.05) is 38.1 Å². The largest absolute Gasteiger partial charge is 0.325 e. The van der Waals surface area contributed by atoms with Crippen LogP contribution in [0.2, 0.25) is 0 Å². The Bertz CT molecular complexity index is 675. The van der Waals surface area contributed by atoms with Gasteiger partial charge in [-0.1, -0.05) is 31.0 Å². The van der Waals surface area contributed by atoms with Gasteiger partial charge in [-0.15, -0.1) is 0 Å². The molecule has 1 aromatic heterocycles. The van der Waals surface area contributed by atoms with Gasteiger partial charge in [-0.3, -0.25) is 14.2 Å². The van der Waals surface area contributed by atoms with Crippen LogP contribution in [0.5, 0.6) is 0 Å². The maximum atomic E-state index is 11.9. The highest BCUT2D eigenvalue weighted by Gasteiger charge is 2.06. The Morgan fingerprint density at radius 3 is 2.62 bits per heavy atom. The molecule has 110 valence electrons. The van der Waals surface area contributed by atoms with Crippen molar-refractivity contribution in [3.63, 3.8) is 0 Å². The summed E-state index contributed by atoms with van der Waals surface area (Å²) in [6.07, 6.45) is 3.14. The molecule has 2 rings (SSSR count). The molecule has 0 aliphatic rings. The standard InChI is InChI=1S/C16H19N3O2/c1-3-4-14-9-16(21)19(11-17-14)10-15(20)18-13-7-5-12(2)6-8-13/h5-9,11H,3-4,10H2,1-2H3,(H,18,20). The van der Waals surface area contributed by atoms with E-state index in [9.17, 15) is 9.59 Å². The Hall–Kier alpha value is -2.43. The first-order chi connectivity index (χ1) is 10.1. The summed E-state index contributed by atoms with van der Waals surface area (Å²) in [6, 6.07) is 8.99. The Kier molecular flexibility index (Phi) is 4.87. The number of hydrogen-bond acceptors (Lipinski definition) is 3. The maximum Gasteiger partial charge on any atom is 0.253 e. The normalized spacial score (nSPS) is 10.4. The highest BCUT2D eigenvalue weighted by atomic mass is 16.2. The quantitative estimate of drug-likeness (QED) is 0.915. The minimum absolute atomic E-state index is 0.0356. The highest BCUT2D eigenvalue weighted by Crippen LogP contribution is 2.08. The van der Waals surface area contributed by atoms with Crippen LogP contribution in [0.3, 0.4) is 0 Å². The van der Waals surface area contributed by atoms with Crippen LogP contribution in [-0.2, 0) is 17.8 Å². The summed E-state index contributed by atoms with van der Waals surface area (Å²) in [5.74, 6) is -0.244. The number of aromatic nitrogens is 2. The average Bonchev–Trinajstić information content (AvgIpc) is 2.45. The smallest absolute Gasteiger partial charge is 0.253 e. The number of carbonyl (C=O) groups excluding carboxylic acids is 1. The summed E-state index contributed by atoms with van der Waals surface area (Å²) < 4.78 is 1.31. The first-order valence-corrected chi connectivity index (χ1v) is 7.00. The van der Waals surface area contributed by atoms with Gasteiger partial charge in [0, 0.05) is 17.4 Å². The first kappa shape index (κ1) is 15.0. The van der Waals surface area contributed by atoms with Crippen LogP contribution in [0.15, 0.2) is 41.5 Å². The third-order valence-electron chi connectivity index (χ3n) is 3.09. The maximum absolute atomic E-state index is 11.9. The molecule has 0 aliphatic carbocycles. The number of nitrogens with one attached hydrogen (secondary N) is 1. The summed E-state index contributed by atoms with van der Waals surface area (Å²) in [4.78, 5) is 28.0. The molecule has 1 amide bonds. The van der Waals surface area contributed by atoms with Crippen LogP contribution in [0.25, 0.3) is 0 Å². The van der Waals surface area contributed by atoms with Crippen molar-refractivity contribution in [3.05, 3.63) is 58.3 Å². The van der Waals surface area contributed by atoms with Gasteiger partial charge in [0.25, 0.3) is 5.56 Å². The fourth-order valence-electron chi connectivity index (χ4n) is 1.97. The van der Waals surface area contributed by atoms with Gasteiger partial charge in [-0.2, -0.15) is 0 Å². The van der Waals surface area contributed by atoms with Crippen LogP contribution in [0.4, 0.5) is 5.69 Å². The summed E-state index contributed by atoms with van der Waals surface area (Å²) in [5.41, 5.74) is 2.40. The Morgan fingerprint density at radius 2 is 2.00 bits per heavy atom. The van der Waals surface area contributed by atoms with Crippen LogP contribution in [-0.4, -0.2) is 15.5 Å². The van der Waals surface area contributed by atoms with E-state index < -0.39 is 0 Å². The van der Waals surface area contributed by atoms with E-state index in [1.54, 1.807) is 0 Å². The molecule has 21 heavy (non-hydrogen) atoms. The number of benzene rings is 1. The molecular weight excluding hydrogens is 266 g/mol. The molecular formula is C16H19N3O2. The molecule has 5 nitrogen and oxygen atoms in total. The predicted molar refractivity (Wildman–Crippen MR) is 82.3 cm³/mol. The molecule has 5 heteroatoms. The zero-order chi connectivity index (χ0) is 15.2. The van der Waals surface area contributed by atoms with Crippen molar-refractivity contribution in [1.82, 2.24) is 9.55 Å². The van der Waals surface area contributed by atoms with Crippen molar-refractivity contribution < 1.29 is 4.79 Å². The van der Waals surface area contributed by atoms with Crippen molar-refractivity contribution in [2.45, 2.75) is 33.2 Å². The molecule has 1 aromatic carbocycles. The zero-order valence-electron chi connectivity index (χ0n) is 12.3. The molecule has 0 unspecified atom stereocenters. The van der Waals surface area contributed by atoms with Crippen molar-refractivity contribution in [3.8, 4) is 0 Å². The summed E-state index contributed by atoms with van der Waals surface area (Å²) in [7, 11) is 0. The fraction of sp³-hybridized carbons (Fsp3) is 0.312. The number of aryl methyl sites for hydroxylation is 2. The van der Waals surface area contributed by atoms with Crippen LogP contribution >= 0.6 is 0 Å². The molecule has 0 saturated heterocycles. The molecule has 0 radical (unpaired) electrons. The van der Waals surface area contributed by atoms with Gasteiger partial charge >= 0.3 is 0 Å². The van der Waals surface area contributed by atoms with Crippen molar-refractivity contribution in [1.29, 1.82) is 0 Å². The second-order valence-electron chi connectivity index (χ2n) is 5.01. The molecule has 1 heterocycles. The van der Waals surface area contributed by atoms with Gasteiger partial charge in [0.05, 0.1) is 6.33 Å². The minimum Gasteiger partial charge on any atom is -0.325 e. The van der Waals surface area contributed by atoms with E-state index in [0.29, 0.717) is 5.69 Å². The lowest BCUT2D eigenvalue weighted by Gasteiger charge is -2.08. The lowest BCUT2D eigenvalue weighted by Crippen LogP contribution is -2.27. The van der Waals surface area contributed by atoms with Gasteiger partial charge in [0.15, 0.2) is 0 Å². The number of anilines is 1. The molecule has 0 saturated carbocycles. The highest BCUT2D eigenvalue weighted by molar-refractivity contribution is 5.90.